The maximum atomic E-state index is 11.8. The van der Waals surface area contributed by atoms with Crippen molar-refractivity contribution in [2.75, 3.05) is 6.54 Å². The lowest BCUT2D eigenvalue weighted by molar-refractivity contribution is 0.0910. The van der Waals surface area contributed by atoms with Gasteiger partial charge >= 0.3 is 0 Å². The predicted molar refractivity (Wildman–Crippen MR) is 69.4 cm³/mol. The molecular weight excluding hydrogens is 238 g/mol. The van der Waals surface area contributed by atoms with Gasteiger partial charge in [-0.3, -0.25) is 4.79 Å². The summed E-state index contributed by atoms with van der Waals surface area (Å²) >= 11 is 5.88. The molecule has 0 saturated carbocycles. The Kier molecular flexibility index (Phi) is 5.45. The summed E-state index contributed by atoms with van der Waals surface area (Å²) in [6.07, 6.45) is 1.12. The van der Waals surface area contributed by atoms with E-state index in [9.17, 15) is 9.90 Å². The first-order valence-electron chi connectivity index (χ1n) is 5.77. The molecule has 94 valence electrons. The summed E-state index contributed by atoms with van der Waals surface area (Å²) in [4.78, 5) is 11.8. The highest BCUT2D eigenvalue weighted by Crippen LogP contribution is 2.16. The Balaban J connectivity index is 2.55. The topological polar surface area (TPSA) is 49.3 Å². The van der Waals surface area contributed by atoms with Crippen molar-refractivity contribution in [3.8, 4) is 0 Å². The molecule has 1 atom stereocenters. The van der Waals surface area contributed by atoms with Crippen LogP contribution in [-0.4, -0.2) is 23.7 Å². The van der Waals surface area contributed by atoms with E-state index in [2.05, 4.69) is 5.32 Å². The van der Waals surface area contributed by atoms with Crippen LogP contribution in [0, 0.1) is 6.92 Å². The first-order valence-corrected chi connectivity index (χ1v) is 6.14. The van der Waals surface area contributed by atoms with Crippen molar-refractivity contribution in [3.63, 3.8) is 0 Å². The van der Waals surface area contributed by atoms with Crippen molar-refractivity contribution < 1.29 is 9.90 Å². The first-order chi connectivity index (χ1) is 8.04. The van der Waals surface area contributed by atoms with E-state index < -0.39 is 6.10 Å². The second kappa shape index (κ2) is 6.62. The fraction of sp³-hybridized carbons (Fsp3) is 0.462. The third-order valence-corrected chi connectivity index (χ3v) is 2.96. The third kappa shape index (κ3) is 4.36. The molecular formula is C13H18ClNO2. The van der Waals surface area contributed by atoms with Gasteiger partial charge in [0.05, 0.1) is 6.10 Å². The van der Waals surface area contributed by atoms with Crippen molar-refractivity contribution in [1.82, 2.24) is 5.32 Å². The van der Waals surface area contributed by atoms with E-state index in [1.165, 1.54) is 0 Å². The van der Waals surface area contributed by atoms with Crippen LogP contribution < -0.4 is 5.32 Å². The van der Waals surface area contributed by atoms with E-state index in [-0.39, 0.29) is 12.5 Å². The fourth-order valence-corrected chi connectivity index (χ4v) is 1.65. The number of carbonyl (C=O) groups is 1. The molecule has 0 radical (unpaired) electrons. The summed E-state index contributed by atoms with van der Waals surface area (Å²) in [7, 11) is 0. The van der Waals surface area contributed by atoms with Crippen LogP contribution >= 0.6 is 11.6 Å². The van der Waals surface area contributed by atoms with E-state index in [0.717, 1.165) is 12.0 Å². The molecule has 0 spiro atoms. The average molecular weight is 256 g/mol. The van der Waals surface area contributed by atoms with E-state index >= 15 is 0 Å². The molecule has 0 aliphatic rings. The van der Waals surface area contributed by atoms with Crippen LogP contribution in [0.3, 0.4) is 0 Å². The molecule has 1 aromatic carbocycles. The number of carbonyl (C=O) groups excluding carboxylic acids is 1. The SMILES string of the molecule is CCCC(O)CNC(=O)c1ccc(Cl)c(C)c1. The lowest BCUT2D eigenvalue weighted by Crippen LogP contribution is -2.32. The lowest BCUT2D eigenvalue weighted by atomic mass is 10.1. The number of amides is 1. The molecule has 1 unspecified atom stereocenters. The lowest BCUT2D eigenvalue weighted by Gasteiger charge is -2.11. The standard InChI is InChI=1S/C13H18ClNO2/c1-3-4-11(16)8-15-13(17)10-5-6-12(14)9(2)7-10/h5-7,11,16H,3-4,8H2,1-2H3,(H,15,17). The van der Waals surface area contributed by atoms with Gasteiger partial charge in [0.15, 0.2) is 0 Å². The van der Waals surface area contributed by atoms with Crippen molar-refractivity contribution in [2.45, 2.75) is 32.8 Å². The summed E-state index contributed by atoms with van der Waals surface area (Å²) in [6, 6.07) is 5.12. The Bertz CT molecular complexity index is 393. The molecule has 0 heterocycles. The number of benzene rings is 1. The van der Waals surface area contributed by atoms with Gasteiger partial charge in [0.2, 0.25) is 0 Å². The zero-order valence-corrected chi connectivity index (χ0v) is 10.9. The second-order valence-corrected chi connectivity index (χ2v) is 4.52. The molecule has 1 rings (SSSR count). The Labute approximate surface area is 107 Å². The van der Waals surface area contributed by atoms with Gasteiger partial charge in [0, 0.05) is 17.1 Å². The Morgan fingerprint density at radius 1 is 1.53 bits per heavy atom. The van der Waals surface area contributed by atoms with Gasteiger partial charge in [-0.05, 0) is 37.1 Å². The van der Waals surface area contributed by atoms with E-state index in [4.69, 9.17) is 11.6 Å². The highest BCUT2D eigenvalue weighted by atomic mass is 35.5. The van der Waals surface area contributed by atoms with Crippen molar-refractivity contribution >= 4 is 17.5 Å². The number of halogens is 1. The minimum Gasteiger partial charge on any atom is -0.391 e. The van der Waals surface area contributed by atoms with Crippen LogP contribution in [0.15, 0.2) is 18.2 Å². The second-order valence-electron chi connectivity index (χ2n) is 4.12. The van der Waals surface area contributed by atoms with Gasteiger partial charge in [0.25, 0.3) is 5.91 Å². The number of rotatable bonds is 5. The number of aryl methyl sites for hydroxylation is 1. The van der Waals surface area contributed by atoms with Crippen LogP contribution in [-0.2, 0) is 0 Å². The highest BCUT2D eigenvalue weighted by molar-refractivity contribution is 6.31. The molecule has 1 amide bonds. The normalized spacial score (nSPS) is 12.2. The Hall–Kier alpha value is -1.06. The summed E-state index contributed by atoms with van der Waals surface area (Å²) in [5.41, 5.74) is 1.43. The van der Waals surface area contributed by atoms with Gasteiger partial charge in [-0.25, -0.2) is 0 Å². The minimum atomic E-state index is -0.475. The van der Waals surface area contributed by atoms with E-state index in [0.29, 0.717) is 17.0 Å². The largest absolute Gasteiger partial charge is 0.391 e. The van der Waals surface area contributed by atoms with Gasteiger partial charge in [-0.1, -0.05) is 24.9 Å². The molecule has 0 bridgehead atoms. The van der Waals surface area contributed by atoms with Crippen molar-refractivity contribution in [1.29, 1.82) is 0 Å². The quantitative estimate of drug-likeness (QED) is 0.850. The molecule has 1 aromatic rings. The Morgan fingerprint density at radius 2 is 2.24 bits per heavy atom. The number of nitrogens with one attached hydrogen (secondary N) is 1. The predicted octanol–water partition coefficient (Wildman–Crippen LogP) is 2.54. The summed E-state index contributed by atoms with van der Waals surface area (Å²) < 4.78 is 0. The molecule has 2 N–H and O–H groups in total. The molecule has 0 aliphatic carbocycles. The number of aliphatic hydroxyl groups is 1. The van der Waals surface area contributed by atoms with Crippen LogP contribution in [0.2, 0.25) is 5.02 Å². The Morgan fingerprint density at radius 3 is 2.82 bits per heavy atom. The van der Waals surface area contributed by atoms with E-state index in [1.54, 1.807) is 18.2 Å². The molecule has 0 aliphatic heterocycles. The molecule has 3 nitrogen and oxygen atoms in total. The summed E-state index contributed by atoms with van der Waals surface area (Å²) in [6.45, 7) is 4.13. The smallest absolute Gasteiger partial charge is 0.251 e. The van der Waals surface area contributed by atoms with Crippen molar-refractivity contribution in [2.24, 2.45) is 0 Å². The van der Waals surface area contributed by atoms with Crippen LogP contribution in [0.5, 0.6) is 0 Å². The molecule has 17 heavy (non-hydrogen) atoms. The van der Waals surface area contributed by atoms with Gasteiger partial charge in [-0.15, -0.1) is 0 Å². The number of hydrogen-bond donors (Lipinski definition) is 2. The molecule has 4 heteroatoms. The first kappa shape index (κ1) is 14.0. The van der Waals surface area contributed by atoms with E-state index in [1.807, 2.05) is 13.8 Å². The van der Waals surface area contributed by atoms with Crippen LogP contribution in [0.4, 0.5) is 0 Å². The zero-order chi connectivity index (χ0) is 12.8. The van der Waals surface area contributed by atoms with Crippen LogP contribution in [0.1, 0.15) is 35.7 Å². The fourth-order valence-electron chi connectivity index (χ4n) is 1.53. The third-order valence-electron chi connectivity index (χ3n) is 2.54. The summed E-state index contributed by atoms with van der Waals surface area (Å²) in [5, 5.41) is 12.9. The number of aliphatic hydroxyl groups excluding tert-OH is 1. The maximum absolute atomic E-state index is 11.8. The molecule has 0 saturated heterocycles. The van der Waals surface area contributed by atoms with Crippen LogP contribution in [0.25, 0.3) is 0 Å². The number of hydrogen-bond acceptors (Lipinski definition) is 2. The van der Waals surface area contributed by atoms with Crippen molar-refractivity contribution in [3.05, 3.63) is 34.3 Å². The maximum Gasteiger partial charge on any atom is 0.251 e. The minimum absolute atomic E-state index is 0.181. The average Bonchev–Trinajstić information content (AvgIpc) is 2.30. The highest BCUT2D eigenvalue weighted by Gasteiger charge is 2.09. The molecule has 0 fully saturated rings. The zero-order valence-electron chi connectivity index (χ0n) is 10.2. The van der Waals surface area contributed by atoms with Gasteiger partial charge in [0.1, 0.15) is 0 Å². The monoisotopic (exact) mass is 255 g/mol. The van der Waals surface area contributed by atoms with Gasteiger partial charge in [-0.2, -0.15) is 0 Å². The summed E-state index contributed by atoms with van der Waals surface area (Å²) in [5.74, 6) is -0.181. The molecule has 0 aromatic heterocycles. The van der Waals surface area contributed by atoms with Gasteiger partial charge < -0.3 is 10.4 Å².